The number of carbonyl (C=O) groups excluding carboxylic acids is 5. The molecular formula is C27H22N2O9. The first-order valence-corrected chi connectivity index (χ1v) is 11.3. The quantitative estimate of drug-likeness (QED) is 0.163. The van der Waals surface area contributed by atoms with E-state index in [9.17, 15) is 34.1 Å². The van der Waals surface area contributed by atoms with Gasteiger partial charge in [0.2, 0.25) is 11.7 Å². The highest BCUT2D eigenvalue weighted by Crippen LogP contribution is 2.14. The summed E-state index contributed by atoms with van der Waals surface area (Å²) < 4.78 is 9.89. The molecule has 194 valence electrons. The second-order valence-corrected chi connectivity index (χ2v) is 7.88. The number of benzene rings is 3. The van der Waals surface area contributed by atoms with Crippen LogP contribution < -0.4 is 5.32 Å². The number of hydrogen-bond acceptors (Lipinski definition) is 9. The van der Waals surface area contributed by atoms with Gasteiger partial charge in [-0.15, -0.1) is 0 Å². The van der Waals surface area contributed by atoms with Crippen molar-refractivity contribution in [2.45, 2.75) is 12.8 Å². The third kappa shape index (κ3) is 8.19. The summed E-state index contributed by atoms with van der Waals surface area (Å²) in [6, 6.07) is 19.2. The Morgan fingerprint density at radius 2 is 1.34 bits per heavy atom. The number of Topliss-reactive ketones (excluding diaryl/α,β-unsaturated/α-hetero) is 2. The van der Waals surface area contributed by atoms with E-state index >= 15 is 0 Å². The number of carbonyl (C=O) groups is 5. The monoisotopic (exact) mass is 518 g/mol. The van der Waals surface area contributed by atoms with E-state index in [-0.39, 0.29) is 35.4 Å². The van der Waals surface area contributed by atoms with Gasteiger partial charge in [-0.3, -0.25) is 29.3 Å². The number of ketones is 2. The molecule has 1 amide bonds. The number of rotatable bonds is 12. The van der Waals surface area contributed by atoms with Gasteiger partial charge in [0, 0.05) is 35.4 Å². The van der Waals surface area contributed by atoms with Crippen LogP contribution >= 0.6 is 0 Å². The van der Waals surface area contributed by atoms with Crippen molar-refractivity contribution in [2.24, 2.45) is 0 Å². The molecule has 0 bridgehead atoms. The molecule has 0 spiro atoms. The number of nitro benzene ring substituents is 1. The van der Waals surface area contributed by atoms with Crippen molar-refractivity contribution in [1.29, 1.82) is 0 Å². The van der Waals surface area contributed by atoms with E-state index in [1.807, 2.05) is 0 Å². The molecule has 3 aromatic carbocycles. The normalized spacial score (nSPS) is 10.2. The fourth-order valence-corrected chi connectivity index (χ4v) is 3.14. The molecule has 0 aromatic heterocycles. The number of nitro groups is 1. The lowest BCUT2D eigenvalue weighted by Crippen LogP contribution is -2.17. The van der Waals surface area contributed by atoms with Crippen molar-refractivity contribution < 1.29 is 38.4 Å². The summed E-state index contributed by atoms with van der Waals surface area (Å²) in [7, 11) is 0. The van der Waals surface area contributed by atoms with Crippen LogP contribution in [0.1, 0.15) is 43.9 Å². The molecule has 1 N–H and O–H groups in total. The highest BCUT2D eigenvalue weighted by atomic mass is 16.6. The van der Waals surface area contributed by atoms with Crippen LogP contribution in [0.4, 0.5) is 11.4 Å². The maximum Gasteiger partial charge on any atom is 0.338 e. The number of non-ortho nitro benzene ring substituents is 1. The predicted molar refractivity (Wildman–Crippen MR) is 134 cm³/mol. The van der Waals surface area contributed by atoms with E-state index in [0.717, 1.165) is 6.07 Å². The van der Waals surface area contributed by atoms with Crippen LogP contribution in [0, 0.1) is 10.1 Å². The molecule has 0 fully saturated rings. The van der Waals surface area contributed by atoms with Crippen molar-refractivity contribution in [3.8, 4) is 0 Å². The summed E-state index contributed by atoms with van der Waals surface area (Å²) in [5.41, 5.74) is 0.736. The summed E-state index contributed by atoms with van der Waals surface area (Å²) in [6.07, 6.45) is -0.525. The number of hydrogen-bond donors (Lipinski definition) is 1. The smallest absolute Gasteiger partial charge is 0.338 e. The van der Waals surface area contributed by atoms with Gasteiger partial charge >= 0.3 is 11.9 Å². The Labute approximate surface area is 216 Å². The molecule has 0 aliphatic carbocycles. The topological polar surface area (TPSA) is 159 Å². The summed E-state index contributed by atoms with van der Waals surface area (Å²) in [5, 5.41) is 13.4. The van der Waals surface area contributed by atoms with E-state index in [2.05, 4.69) is 5.32 Å². The fourth-order valence-electron chi connectivity index (χ4n) is 3.14. The molecule has 38 heavy (non-hydrogen) atoms. The van der Waals surface area contributed by atoms with Gasteiger partial charge in [-0.1, -0.05) is 42.5 Å². The maximum atomic E-state index is 12.2. The first kappa shape index (κ1) is 27.4. The minimum Gasteiger partial charge on any atom is -0.457 e. The van der Waals surface area contributed by atoms with Crippen LogP contribution in [0.2, 0.25) is 0 Å². The third-order valence-electron chi connectivity index (χ3n) is 5.13. The van der Waals surface area contributed by atoms with Crippen molar-refractivity contribution in [3.05, 3.63) is 106 Å². The van der Waals surface area contributed by atoms with Crippen LogP contribution in [-0.4, -0.2) is 47.5 Å². The van der Waals surface area contributed by atoms with Crippen LogP contribution in [-0.2, 0) is 19.1 Å². The average Bonchev–Trinajstić information content (AvgIpc) is 2.94. The molecule has 3 aromatic rings. The number of nitrogens with one attached hydrogen (secondary N) is 1. The highest BCUT2D eigenvalue weighted by Gasteiger charge is 2.15. The van der Waals surface area contributed by atoms with Crippen molar-refractivity contribution in [1.82, 2.24) is 0 Å². The van der Waals surface area contributed by atoms with Gasteiger partial charge in [0.05, 0.1) is 16.9 Å². The minimum absolute atomic E-state index is 0.0277. The van der Waals surface area contributed by atoms with Gasteiger partial charge in [0.25, 0.3) is 5.69 Å². The Hall–Kier alpha value is -5.19. The summed E-state index contributed by atoms with van der Waals surface area (Å²) >= 11 is 0. The summed E-state index contributed by atoms with van der Waals surface area (Å²) in [6.45, 7) is -1.02. The molecule has 0 aliphatic heterocycles. The fraction of sp³-hybridized carbons (Fsp3) is 0.148. The first-order valence-electron chi connectivity index (χ1n) is 11.3. The molecule has 0 saturated carbocycles. The Morgan fingerprint density at radius 1 is 0.711 bits per heavy atom. The van der Waals surface area contributed by atoms with Gasteiger partial charge < -0.3 is 14.8 Å². The largest absolute Gasteiger partial charge is 0.457 e. The predicted octanol–water partition coefficient (Wildman–Crippen LogP) is 3.78. The minimum atomic E-state index is -0.790. The molecule has 0 radical (unpaired) electrons. The van der Waals surface area contributed by atoms with E-state index in [0.29, 0.717) is 11.3 Å². The second-order valence-electron chi connectivity index (χ2n) is 7.88. The molecule has 0 atom stereocenters. The Bertz CT molecular complexity index is 1350. The van der Waals surface area contributed by atoms with Crippen molar-refractivity contribution in [2.75, 3.05) is 18.5 Å². The van der Waals surface area contributed by atoms with E-state index < -0.39 is 41.8 Å². The zero-order valence-electron chi connectivity index (χ0n) is 20.0. The van der Waals surface area contributed by atoms with Crippen LogP contribution in [0.25, 0.3) is 0 Å². The van der Waals surface area contributed by atoms with Crippen molar-refractivity contribution in [3.63, 3.8) is 0 Å². The SMILES string of the molecule is O=C(CCC(=O)OCC(=O)c1cccc([N+](=O)[O-])c1)Nc1ccc(C(=O)OCC(=O)c2ccccc2)cc1. The lowest BCUT2D eigenvalue weighted by atomic mass is 10.1. The summed E-state index contributed by atoms with van der Waals surface area (Å²) in [4.78, 5) is 70.5. The number of amides is 1. The van der Waals surface area contributed by atoms with Gasteiger partial charge in [-0.25, -0.2) is 4.79 Å². The molecule has 0 unspecified atom stereocenters. The Kier molecular flexibility index (Phi) is 9.52. The Balaban J connectivity index is 1.39. The molecule has 0 aliphatic rings. The Morgan fingerprint density at radius 3 is 2.03 bits per heavy atom. The molecule has 11 nitrogen and oxygen atoms in total. The third-order valence-corrected chi connectivity index (χ3v) is 5.13. The van der Waals surface area contributed by atoms with Crippen molar-refractivity contribution >= 4 is 40.8 Å². The standard InChI is InChI=1S/C27H22N2O9/c30-23(18-5-2-1-3-6-18)17-38-27(34)19-9-11-21(12-10-19)28-25(32)13-14-26(33)37-16-24(31)20-7-4-8-22(15-20)29(35)36/h1-12,15H,13-14,16-17H2,(H,28,32). The first-order chi connectivity index (χ1) is 18.2. The van der Waals surface area contributed by atoms with Gasteiger partial charge in [0.1, 0.15) is 0 Å². The molecular weight excluding hydrogens is 496 g/mol. The molecule has 3 rings (SSSR count). The van der Waals surface area contributed by atoms with Crippen LogP contribution in [0.3, 0.4) is 0 Å². The van der Waals surface area contributed by atoms with E-state index in [1.165, 1.54) is 42.5 Å². The molecule has 0 saturated heterocycles. The van der Waals surface area contributed by atoms with Gasteiger partial charge in [0.15, 0.2) is 19.0 Å². The summed E-state index contributed by atoms with van der Waals surface area (Å²) in [5.74, 6) is -2.95. The zero-order valence-corrected chi connectivity index (χ0v) is 20.0. The number of anilines is 1. The van der Waals surface area contributed by atoms with Gasteiger partial charge in [-0.2, -0.15) is 0 Å². The number of esters is 2. The van der Waals surface area contributed by atoms with E-state index in [1.54, 1.807) is 30.3 Å². The zero-order chi connectivity index (χ0) is 27.5. The molecule has 11 heteroatoms. The maximum absolute atomic E-state index is 12.2. The lowest BCUT2D eigenvalue weighted by Gasteiger charge is -2.08. The van der Waals surface area contributed by atoms with E-state index in [4.69, 9.17) is 9.47 Å². The molecule has 0 heterocycles. The highest BCUT2D eigenvalue weighted by molar-refractivity contribution is 6.00. The van der Waals surface area contributed by atoms with Crippen LogP contribution in [0.15, 0.2) is 78.9 Å². The number of ether oxygens (including phenoxy) is 2. The number of nitrogens with zero attached hydrogens (tertiary/aromatic N) is 1. The van der Waals surface area contributed by atoms with Gasteiger partial charge in [-0.05, 0) is 24.3 Å². The second kappa shape index (κ2) is 13.2. The average molecular weight is 518 g/mol. The van der Waals surface area contributed by atoms with Crippen LogP contribution in [0.5, 0.6) is 0 Å². The lowest BCUT2D eigenvalue weighted by molar-refractivity contribution is -0.384.